The minimum absolute atomic E-state index is 0.0763. The highest BCUT2D eigenvalue weighted by molar-refractivity contribution is 6.43. The van der Waals surface area contributed by atoms with Crippen LogP contribution in [0.15, 0.2) is 46.6 Å². The molecule has 42 heavy (non-hydrogen) atoms. The number of piperidine rings is 2. The zero-order valence-electron chi connectivity index (χ0n) is 23.9. The van der Waals surface area contributed by atoms with Crippen LogP contribution in [0.25, 0.3) is 11.0 Å². The van der Waals surface area contributed by atoms with E-state index in [-0.39, 0.29) is 25.0 Å². The molecule has 2 aliphatic heterocycles. The smallest absolute Gasteiger partial charge is 0.464 e. The summed E-state index contributed by atoms with van der Waals surface area (Å²) in [4.78, 5) is 29.2. The molecule has 0 bridgehead atoms. The van der Waals surface area contributed by atoms with Gasteiger partial charge in [-0.15, -0.1) is 0 Å². The highest BCUT2D eigenvalue weighted by Gasteiger charge is 2.41. The number of halogens is 2. The Morgan fingerprint density at radius 2 is 2.05 bits per heavy atom. The highest BCUT2D eigenvalue weighted by atomic mass is 19.3. The number of ether oxygens (including phenoxy) is 1. The van der Waals surface area contributed by atoms with Gasteiger partial charge in [0.25, 0.3) is 11.8 Å². The quantitative estimate of drug-likeness (QED) is 0.231. The summed E-state index contributed by atoms with van der Waals surface area (Å²) >= 11 is 0. The fourth-order valence-corrected chi connectivity index (χ4v) is 5.66. The second-order valence-electron chi connectivity index (χ2n) is 11.6. The molecule has 0 unspecified atom stereocenters. The van der Waals surface area contributed by atoms with Gasteiger partial charge in [0.2, 0.25) is 0 Å². The Kier molecular flexibility index (Phi) is 9.91. The van der Waals surface area contributed by atoms with Gasteiger partial charge in [-0.05, 0) is 70.2 Å². The summed E-state index contributed by atoms with van der Waals surface area (Å²) in [7, 11) is -1.87. The Hall–Kier alpha value is -3.47. The number of likely N-dealkylation sites (tertiary alicyclic amines) is 2. The highest BCUT2D eigenvalue weighted by Crippen LogP contribution is 2.32. The van der Waals surface area contributed by atoms with Crippen molar-refractivity contribution < 1.29 is 37.6 Å². The van der Waals surface area contributed by atoms with Gasteiger partial charge in [-0.1, -0.05) is 18.2 Å². The number of hydrogen-bond acceptors (Lipinski definition) is 8. The number of amides is 2. The second kappa shape index (κ2) is 13.2. The third-order valence-corrected chi connectivity index (χ3v) is 8.02. The minimum Gasteiger partial charge on any atom is -0.464 e. The van der Waals surface area contributed by atoms with E-state index in [1.165, 1.54) is 17.2 Å². The Morgan fingerprint density at radius 3 is 2.76 bits per heavy atom. The van der Waals surface area contributed by atoms with Crippen LogP contribution < -0.4 is 5.32 Å². The van der Waals surface area contributed by atoms with Crippen molar-refractivity contribution >= 4 is 30.1 Å². The second-order valence-corrected chi connectivity index (χ2v) is 11.6. The summed E-state index contributed by atoms with van der Waals surface area (Å²) < 4.78 is 39.0. The first kappa shape index (κ1) is 31.5. The van der Waals surface area contributed by atoms with Crippen molar-refractivity contribution in [2.24, 2.45) is 0 Å². The maximum absolute atomic E-state index is 14.1. The molecule has 13 heteroatoms. The molecule has 2 fully saturated rings. The maximum atomic E-state index is 14.1. The van der Waals surface area contributed by atoms with Crippen LogP contribution in [-0.4, -0.2) is 88.7 Å². The number of alkyl carbamates (subject to hydrolysis) is 1. The van der Waals surface area contributed by atoms with E-state index < -0.39 is 49.1 Å². The number of para-hydroxylation sites is 1. The van der Waals surface area contributed by atoms with Gasteiger partial charge in [0, 0.05) is 23.9 Å². The van der Waals surface area contributed by atoms with Crippen LogP contribution >= 0.6 is 0 Å². The molecule has 10 nitrogen and oxygen atoms in total. The van der Waals surface area contributed by atoms with Gasteiger partial charge in [0.15, 0.2) is 0 Å². The van der Waals surface area contributed by atoms with Crippen molar-refractivity contribution in [3.63, 3.8) is 0 Å². The molecular weight excluding hydrogens is 549 g/mol. The van der Waals surface area contributed by atoms with Crippen molar-refractivity contribution in [2.45, 2.75) is 75.8 Å². The van der Waals surface area contributed by atoms with Gasteiger partial charge in [0.05, 0.1) is 24.8 Å². The van der Waals surface area contributed by atoms with Crippen molar-refractivity contribution in [3.05, 3.63) is 47.7 Å². The van der Waals surface area contributed by atoms with Crippen LogP contribution in [0.2, 0.25) is 0 Å². The molecule has 2 atom stereocenters. The molecule has 2 saturated heterocycles. The lowest BCUT2D eigenvalue weighted by atomic mass is 9.76. The summed E-state index contributed by atoms with van der Waals surface area (Å²) in [5, 5.41) is 32.9. The molecule has 3 heterocycles. The molecule has 1 aromatic heterocycles. The van der Waals surface area contributed by atoms with E-state index in [1.54, 1.807) is 24.8 Å². The molecule has 3 N–H and O–H groups in total. The summed E-state index contributed by atoms with van der Waals surface area (Å²) in [6.07, 6.45) is 4.29. The van der Waals surface area contributed by atoms with E-state index >= 15 is 0 Å². The van der Waals surface area contributed by atoms with Crippen molar-refractivity contribution in [3.8, 4) is 6.07 Å². The van der Waals surface area contributed by atoms with E-state index in [0.717, 1.165) is 11.8 Å². The largest absolute Gasteiger partial charge is 0.475 e. The molecule has 2 aromatic rings. The van der Waals surface area contributed by atoms with Gasteiger partial charge >= 0.3 is 13.2 Å². The van der Waals surface area contributed by atoms with Crippen LogP contribution in [0.4, 0.5) is 13.6 Å². The summed E-state index contributed by atoms with van der Waals surface area (Å²) in [5.41, 5.74) is 0.208. The predicted octanol–water partition coefficient (Wildman–Crippen LogP) is 3.42. The summed E-state index contributed by atoms with van der Waals surface area (Å²) in [5.74, 6) is -4.45. The summed E-state index contributed by atoms with van der Waals surface area (Å²) in [6, 6.07) is 8.68. The van der Waals surface area contributed by atoms with Gasteiger partial charge < -0.3 is 29.4 Å². The van der Waals surface area contributed by atoms with Crippen molar-refractivity contribution in [1.29, 1.82) is 5.26 Å². The standard InChI is InChI=1S/C29H37BF2N4O6/c1-28(2,35-12-7-11-29(31,32)19-35)15-21(16-33)26(37)36-13-6-5-8-22(36)18-42-27(38)34-25(30(39)40)14-20-17-41-24-10-4-3-9-23(20)24/h3-4,9-10,15,17,22,25,39-40H,5-8,11-14,18-19H2,1-2H3,(H,34,38)/t22-,25+/m1/s1. The van der Waals surface area contributed by atoms with Crippen LogP contribution in [-0.2, 0) is 16.0 Å². The first-order chi connectivity index (χ1) is 19.9. The van der Waals surface area contributed by atoms with Gasteiger partial charge in [-0.2, -0.15) is 5.26 Å². The average Bonchev–Trinajstić information content (AvgIpc) is 3.36. The number of nitrogens with zero attached hydrogens (tertiary/aromatic N) is 3. The molecule has 0 saturated carbocycles. The van der Waals surface area contributed by atoms with Crippen molar-refractivity contribution in [2.75, 3.05) is 26.2 Å². The zero-order chi connectivity index (χ0) is 30.5. The van der Waals surface area contributed by atoms with Crippen LogP contribution in [0.5, 0.6) is 0 Å². The molecule has 0 spiro atoms. The molecule has 2 amide bonds. The average molecular weight is 586 g/mol. The Balaban J connectivity index is 1.39. The number of nitriles is 1. The number of fused-ring (bicyclic) bond motifs is 1. The van der Waals surface area contributed by atoms with E-state index in [9.17, 15) is 33.7 Å². The molecule has 4 rings (SSSR count). The number of benzene rings is 1. The monoisotopic (exact) mass is 586 g/mol. The fourth-order valence-electron chi connectivity index (χ4n) is 5.66. The molecule has 0 aliphatic carbocycles. The first-order valence-corrected chi connectivity index (χ1v) is 14.2. The number of furan rings is 1. The number of nitrogens with one attached hydrogen (secondary N) is 1. The zero-order valence-corrected chi connectivity index (χ0v) is 23.9. The number of carbonyl (C=O) groups excluding carboxylic acids is 2. The van der Waals surface area contributed by atoms with Gasteiger partial charge in [-0.25, -0.2) is 13.6 Å². The van der Waals surface area contributed by atoms with Gasteiger partial charge in [-0.3, -0.25) is 9.69 Å². The Morgan fingerprint density at radius 1 is 1.29 bits per heavy atom. The fraction of sp³-hybridized carbons (Fsp3) is 0.552. The number of hydrogen-bond donors (Lipinski definition) is 3. The molecular formula is C29H37BF2N4O6. The predicted molar refractivity (Wildman–Crippen MR) is 151 cm³/mol. The van der Waals surface area contributed by atoms with E-state index in [0.29, 0.717) is 43.5 Å². The normalized spacial score (nSPS) is 20.5. The summed E-state index contributed by atoms with van der Waals surface area (Å²) in [6.45, 7) is 3.58. The number of alkyl halides is 2. The van der Waals surface area contributed by atoms with Crippen LogP contribution in [0.1, 0.15) is 51.5 Å². The van der Waals surface area contributed by atoms with Crippen LogP contribution in [0, 0.1) is 11.3 Å². The Labute approximate surface area is 244 Å². The number of rotatable bonds is 9. The Bertz CT molecular complexity index is 1340. The van der Waals surface area contributed by atoms with E-state index in [2.05, 4.69) is 5.32 Å². The number of carbonyl (C=O) groups is 2. The lowest BCUT2D eigenvalue weighted by molar-refractivity contribution is -0.131. The third-order valence-electron chi connectivity index (χ3n) is 8.02. The maximum Gasteiger partial charge on any atom is 0.475 e. The lowest BCUT2D eigenvalue weighted by Crippen LogP contribution is -2.53. The molecule has 1 aromatic carbocycles. The van der Waals surface area contributed by atoms with E-state index in [1.807, 2.05) is 24.3 Å². The topological polar surface area (TPSA) is 139 Å². The third kappa shape index (κ3) is 7.67. The van der Waals surface area contributed by atoms with Crippen LogP contribution in [0.3, 0.4) is 0 Å². The molecule has 226 valence electrons. The van der Waals surface area contributed by atoms with E-state index in [4.69, 9.17) is 9.15 Å². The minimum atomic E-state index is -2.83. The molecule has 2 aliphatic rings. The SMILES string of the molecule is CC(C)(C=C(C#N)C(=O)N1CCCC[C@@H]1COC(=O)N[C@@H](Cc1coc2ccccc12)B(O)O)N1CCCC(F)(F)C1. The first-order valence-electron chi connectivity index (χ1n) is 14.2. The lowest BCUT2D eigenvalue weighted by Gasteiger charge is -2.42. The molecule has 0 radical (unpaired) electrons. The van der Waals surface area contributed by atoms with Gasteiger partial charge in [0.1, 0.15) is 23.8 Å². The van der Waals surface area contributed by atoms with Crippen molar-refractivity contribution in [1.82, 2.24) is 15.1 Å².